The van der Waals surface area contributed by atoms with Crippen LogP contribution < -0.4 is 10.2 Å². The van der Waals surface area contributed by atoms with Crippen LogP contribution in [0.15, 0.2) is 54.6 Å². The predicted octanol–water partition coefficient (Wildman–Crippen LogP) is 3.93. The van der Waals surface area contributed by atoms with Gasteiger partial charge in [0.25, 0.3) is 5.91 Å². The first-order chi connectivity index (χ1) is 18.0. The highest BCUT2D eigenvalue weighted by atomic mass is 16.2. The standard InChI is InChI=1S/C29H37N5O3/c1-2-23-10-9-11-24(20-23)30-28(37)32-18-14-29(15-19-32)27(36)33(21-26(35)31-16-7-4-8-17-31)22-34(29)25-12-5-3-6-13-25/h3,5-6,9-13,20H,2,4,7-8,14-19,21-22H2,1H3,(H,30,37). The number of carbonyl (C=O) groups is 3. The molecule has 3 saturated heterocycles. The van der Waals surface area contributed by atoms with Crippen molar-refractivity contribution in [2.24, 2.45) is 0 Å². The van der Waals surface area contributed by atoms with E-state index in [0.717, 1.165) is 50.1 Å². The van der Waals surface area contributed by atoms with Gasteiger partial charge in [-0.05, 0) is 68.4 Å². The van der Waals surface area contributed by atoms with E-state index in [9.17, 15) is 14.4 Å². The van der Waals surface area contributed by atoms with Gasteiger partial charge in [0.05, 0.1) is 6.67 Å². The van der Waals surface area contributed by atoms with Crippen LogP contribution in [0.5, 0.6) is 0 Å². The number of nitrogens with one attached hydrogen (secondary N) is 1. The Morgan fingerprint density at radius 1 is 0.892 bits per heavy atom. The number of hydrogen-bond acceptors (Lipinski definition) is 4. The topological polar surface area (TPSA) is 76.2 Å². The van der Waals surface area contributed by atoms with E-state index >= 15 is 0 Å². The Hall–Kier alpha value is -3.55. The van der Waals surface area contributed by atoms with E-state index in [1.807, 2.05) is 59.5 Å². The van der Waals surface area contributed by atoms with Crippen LogP contribution >= 0.6 is 0 Å². The molecule has 1 spiro atoms. The molecule has 3 aliphatic heterocycles. The van der Waals surface area contributed by atoms with E-state index in [2.05, 4.69) is 17.1 Å². The van der Waals surface area contributed by atoms with Crippen molar-refractivity contribution in [3.05, 3.63) is 60.2 Å². The van der Waals surface area contributed by atoms with Crippen LogP contribution in [-0.2, 0) is 16.0 Å². The van der Waals surface area contributed by atoms with Crippen LogP contribution in [0, 0.1) is 0 Å². The van der Waals surface area contributed by atoms with Crippen LogP contribution in [0.25, 0.3) is 0 Å². The highest BCUT2D eigenvalue weighted by molar-refractivity contribution is 5.97. The van der Waals surface area contributed by atoms with E-state index in [0.29, 0.717) is 32.6 Å². The number of aryl methyl sites for hydroxylation is 1. The molecule has 0 aromatic heterocycles. The van der Waals surface area contributed by atoms with Gasteiger partial charge in [-0.3, -0.25) is 9.59 Å². The van der Waals surface area contributed by atoms with Gasteiger partial charge in [-0.2, -0.15) is 0 Å². The average Bonchev–Trinajstić information content (AvgIpc) is 3.20. The van der Waals surface area contributed by atoms with E-state index in [4.69, 9.17) is 0 Å². The van der Waals surface area contributed by atoms with E-state index < -0.39 is 5.54 Å². The zero-order chi connectivity index (χ0) is 25.8. The molecular weight excluding hydrogens is 466 g/mol. The van der Waals surface area contributed by atoms with Gasteiger partial charge >= 0.3 is 6.03 Å². The number of benzene rings is 2. The molecule has 37 heavy (non-hydrogen) atoms. The second kappa shape index (κ2) is 10.8. The van der Waals surface area contributed by atoms with Crippen molar-refractivity contribution >= 4 is 29.2 Å². The minimum atomic E-state index is -0.748. The lowest BCUT2D eigenvalue weighted by Gasteiger charge is -2.43. The van der Waals surface area contributed by atoms with Crippen LogP contribution in [0.2, 0.25) is 0 Å². The molecule has 2 aromatic carbocycles. The Morgan fingerprint density at radius 3 is 2.32 bits per heavy atom. The Labute approximate surface area is 219 Å². The molecule has 0 saturated carbocycles. The number of carbonyl (C=O) groups excluding carboxylic acids is 3. The molecule has 0 atom stereocenters. The SMILES string of the molecule is CCc1cccc(NC(=O)N2CCC3(CC2)C(=O)N(CC(=O)N2CCCCC2)CN3c2ccccc2)c1. The number of anilines is 2. The summed E-state index contributed by atoms with van der Waals surface area (Å²) in [5.41, 5.74) is 2.18. The van der Waals surface area contributed by atoms with Crippen LogP contribution in [0.3, 0.4) is 0 Å². The third-order valence-corrected chi connectivity index (χ3v) is 8.08. The molecule has 8 nitrogen and oxygen atoms in total. The van der Waals surface area contributed by atoms with E-state index in [-0.39, 0.29) is 24.4 Å². The molecule has 3 heterocycles. The predicted molar refractivity (Wildman–Crippen MR) is 144 cm³/mol. The summed E-state index contributed by atoms with van der Waals surface area (Å²) in [6.07, 6.45) is 5.17. The fourth-order valence-electron chi connectivity index (χ4n) is 5.88. The molecule has 2 aromatic rings. The summed E-state index contributed by atoms with van der Waals surface area (Å²) in [7, 11) is 0. The molecule has 0 unspecified atom stereocenters. The fourth-order valence-corrected chi connectivity index (χ4v) is 5.88. The first-order valence-corrected chi connectivity index (χ1v) is 13.5. The molecule has 8 heteroatoms. The molecule has 0 radical (unpaired) electrons. The van der Waals surface area contributed by atoms with Crippen molar-refractivity contribution in [2.75, 3.05) is 49.6 Å². The highest BCUT2D eigenvalue weighted by Crippen LogP contribution is 2.39. The van der Waals surface area contributed by atoms with Crippen molar-refractivity contribution in [2.45, 2.75) is 51.0 Å². The van der Waals surface area contributed by atoms with Gasteiger partial charge in [0, 0.05) is 37.6 Å². The van der Waals surface area contributed by atoms with Gasteiger partial charge in [0.2, 0.25) is 5.91 Å². The molecule has 196 valence electrons. The first-order valence-electron chi connectivity index (χ1n) is 13.5. The van der Waals surface area contributed by atoms with Gasteiger partial charge in [0.15, 0.2) is 0 Å². The number of hydrogen-bond donors (Lipinski definition) is 1. The average molecular weight is 504 g/mol. The molecule has 4 amide bonds. The van der Waals surface area contributed by atoms with Crippen LogP contribution in [-0.4, -0.2) is 77.5 Å². The zero-order valence-electron chi connectivity index (χ0n) is 21.7. The maximum atomic E-state index is 13.9. The summed E-state index contributed by atoms with van der Waals surface area (Å²) < 4.78 is 0. The van der Waals surface area contributed by atoms with Gasteiger partial charge < -0.3 is 24.9 Å². The van der Waals surface area contributed by atoms with Gasteiger partial charge in [-0.15, -0.1) is 0 Å². The fraction of sp³-hybridized carbons (Fsp3) is 0.483. The summed E-state index contributed by atoms with van der Waals surface area (Å²) >= 11 is 0. The third-order valence-electron chi connectivity index (χ3n) is 8.08. The van der Waals surface area contributed by atoms with Gasteiger partial charge in [0.1, 0.15) is 12.1 Å². The Bertz CT molecular complexity index is 1120. The summed E-state index contributed by atoms with van der Waals surface area (Å²) in [6, 6.07) is 17.7. The maximum Gasteiger partial charge on any atom is 0.321 e. The Kier molecular flexibility index (Phi) is 7.35. The van der Waals surface area contributed by atoms with Crippen LogP contribution in [0.4, 0.5) is 16.2 Å². The first kappa shape index (κ1) is 25.1. The number of likely N-dealkylation sites (tertiary alicyclic amines) is 2. The lowest BCUT2D eigenvalue weighted by atomic mass is 9.85. The Balaban J connectivity index is 1.30. The Morgan fingerprint density at radius 2 is 1.62 bits per heavy atom. The van der Waals surface area contributed by atoms with Gasteiger partial charge in [-0.1, -0.05) is 37.3 Å². The van der Waals surface area contributed by atoms with Crippen LogP contribution in [0.1, 0.15) is 44.6 Å². The number of piperidine rings is 2. The van der Waals surface area contributed by atoms with Crippen molar-refractivity contribution in [3.63, 3.8) is 0 Å². The summed E-state index contributed by atoms with van der Waals surface area (Å²) in [6.45, 7) is 5.09. The minimum absolute atomic E-state index is 0.00239. The second-order valence-electron chi connectivity index (χ2n) is 10.4. The zero-order valence-corrected chi connectivity index (χ0v) is 21.7. The molecule has 3 fully saturated rings. The van der Waals surface area contributed by atoms with Crippen molar-refractivity contribution in [1.29, 1.82) is 0 Å². The molecular formula is C29H37N5O3. The lowest BCUT2D eigenvalue weighted by molar-refractivity contribution is -0.141. The molecule has 0 aliphatic carbocycles. The molecule has 5 rings (SSSR count). The van der Waals surface area contributed by atoms with E-state index in [1.54, 1.807) is 9.80 Å². The molecule has 3 aliphatic rings. The largest absolute Gasteiger partial charge is 0.341 e. The van der Waals surface area contributed by atoms with E-state index in [1.165, 1.54) is 5.56 Å². The minimum Gasteiger partial charge on any atom is -0.341 e. The number of para-hydroxylation sites is 1. The highest BCUT2D eigenvalue weighted by Gasteiger charge is 2.54. The number of rotatable bonds is 5. The monoisotopic (exact) mass is 503 g/mol. The maximum absolute atomic E-state index is 13.9. The number of urea groups is 1. The second-order valence-corrected chi connectivity index (χ2v) is 10.4. The lowest BCUT2D eigenvalue weighted by Crippen LogP contribution is -2.58. The normalized spacial score (nSPS) is 19.4. The quantitative estimate of drug-likeness (QED) is 0.671. The van der Waals surface area contributed by atoms with Crippen molar-refractivity contribution < 1.29 is 14.4 Å². The van der Waals surface area contributed by atoms with Crippen molar-refractivity contribution in [1.82, 2.24) is 14.7 Å². The number of amides is 4. The number of nitrogens with zero attached hydrogens (tertiary/aromatic N) is 4. The summed E-state index contributed by atoms with van der Waals surface area (Å²) in [5, 5.41) is 3.02. The molecule has 1 N–H and O–H groups in total. The van der Waals surface area contributed by atoms with Gasteiger partial charge in [-0.25, -0.2) is 4.79 Å². The smallest absolute Gasteiger partial charge is 0.321 e. The third kappa shape index (κ3) is 5.15. The summed E-state index contributed by atoms with van der Waals surface area (Å²) in [4.78, 5) is 47.5. The summed E-state index contributed by atoms with van der Waals surface area (Å²) in [5.74, 6) is 0.0293. The molecule has 0 bridgehead atoms. The van der Waals surface area contributed by atoms with Crippen molar-refractivity contribution in [3.8, 4) is 0 Å².